The quantitative estimate of drug-likeness (QED) is 0.910. The number of hydrogen-bond acceptors (Lipinski definition) is 5. The molecular weight excluding hydrogens is 306 g/mol. The zero-order valence-electron chi connectivity index (χ0n) is 13.9. The Labute approximate surface area is 140 Å². The Balaban J connectivity index is 1.34. The lowest BCUT2D eigenvalue weighted by Gasteiger charge is -2.36. The molecule has 4 rings (SSSR count). The molecule has 2 aliphatic rings. The first-order valence-corrected chi connectivity index (χ1v) is 8.65. The summed E-state index contributed by atoms with van der Waals surface area (Å²) in [5.41, 5.74) is 0.738. The number of hydrogen-bond donors (Lipinski definition) is 1. The van der Waals surface area contributed by atoms with Gasteiger partial charge in [-0.25, -0.2) is 9.78 Å². The highest BCUT2D eigenvalue weighted by Crippen LogP contribution is 2.33. The number of anilines is 1. The van der Waals surface area contributed by atoms with Gasteiger partial charge in [-0.2, -0.15) is 9.61 Å². The highest BCUT2D eigenvalue weighted by atomic mass is 16.2. The van der Waals surface area contributed by atoms with Crippen molar-refractivity contribution >= 4 is 17.5 Å². The highest BCUT2D eigenvalue weighted by Gasteiger charge is 2.27. The maximum absolute atomic E-state index is 12.4. The summed E-state index contributed by atoms with van der Waals surface area (Å²) in [5.74, 6) is 1.75. The Morgan fingerprint density at radius 3 is 2.83 bits per heavy atom. The van der Waals surface area contributed by atoms with Crippen LogP contribution in [0.2, 0.25) is 0 Å². The van der Waals surface area contributed by atoms with Crippen molar-refractivity contribution in [2.24, 2.45) is 5.92 Å². The van der Waals surface area contributed by atoms with E-state index in [2.05, 4.69) is 32.2 Å². The fourth-order valence-corrected chi connectivity index (χ4v) is 3.31. The smallest absolute Gasteiger partial charge is 0.317 e. The Kier molecular flexibility index (Phi) is 3.95. The summed E-state index contributed by atoms with van der Waals surface area (Å²) < 4.78 is 1.79. The van der Waals surface area contributed by atoms with Gasteiger partial charge in [0.15, 0.2) is 11.5 Å². The molecule has 2 fully saturated rings. The van der Waals surface area contributed by atoms with Gasteiger partial charge in [0.1, 0.15) is 6.33 Å². The van der Waals surface area contributed by atoms with E-state index < -0.39 is 0 Å². The average Bonchev–Trinajstić information content (AvgIpc) is 3.26. The van der Waals surface area contributed by atoms with Crippen LogP contribution >= 0.6 is 0 Å². The number of aromatic nitrogens is 4. The number of urea groups is 1. The van der Waals surface area contributed by atoms with E-state index in [4.69, 9.17) is 0 Å². The predicted octanol–water partition coefficient (Wildman–Crippen LogP) is 1.14. The summed E-state index contributed by atoms with van der Waals surface area (Å²) in [6.45, 7) is 5.04. The maximum Gasteiger partial charge on any atom is 0.317 e. The summed E-state index contributed by atoms with van der Waals surface area (Å²) in [4.78, 5) is 24.9. The fourth-order valence-electron chi connectivity index (χ4n) is 3.31. The zero-order valence-corrected chi connectivity index (χ0v) is 13.9. The van der Waals surface area contributed by atoms with E-state index in [0.29, 0.717) is 13.1 Å². The minimum Gasteiger partial charge on any atom is -0.352 e. The van der Waals surface area contributed by atoms with Crippen LogP contribution in [0.25, 0.3) is 5.65 Å². The predicted molar refractivity (Wildman–Crippen MR) is 89.9 cm³/mol. The van der Waals surface area contributed by atoms with E-state index >= 15 is 0 Å². The van der Waals surface area contributed by atoms with Crippen molar-refractivity contribution in [3.63, 3.8) is 0 Å². The minimum atomic E-state index is 0.0555. The lowest BCUT2D eigenvalue weighted by Crippen LogP contribution is -2.53. The molecule has 1 atom stereocenters. The van der Waals surface area contributed by atoms with E-state index in [1.54, 1.807) is 16.9 Å². The van der Waals surface area contributed by atoms with Gasteiger partial charge in [0, 0.05) is 32.2 Å². The van der Waals surface area contributed by atoms with Gasteiger partial charge in [-0.05, 0) is 19.3 Å². The largest absolute Gasteiger partial charge is 0.352 e. The third-order valence-electron chi connectivity index (χ3n) is 4.82. The third-order valence-corrected chi connectivity index (χ3v) is 4.82. The van der Waals surface area contributed by atoms with E-state index in [1.165, 1.54) is 19.2 Å². The fraction of sp³-hybridized carbons (Fsp3) is 0.625. The highest BCUT2D eigenvalue weighted by molar-refractivity contribution is 5.74. The lowest BCUT2D eigenvalue weighted by molar-refractivity contribution is 0.190. The molecule has 1 aliphatic heterocycles. The Hall–Kier alpha value is -2.38. The second-order valence-corrected chi connectivity index (χ2v) is 6.80. The molecule has 1 aliphatic carbocycles. The van der Waals surface area contributed by atoms with Crippen molar-refractivity contribution in [2.75, 3.05) is 31.1 Å². The van der Waals surface area contributed by atoms with Crippen LogP contribution in [0.1, 0.15) is 26.2 Å². The average molecular weight is 329 g/mol. The van der Waals surface area contributed by atoms with Crippen LogP contribution in [0.4, 0.5) is 10.6 Å². The van der Waals surface area contributed by atoms with Crippen molar-refractivity contribution in [1.29, 1.82) is 0 Å². The molecule has 0 radical (unpaired) electrons. The summed E-state index contributed by atoms with van der Waals surface area (Å²) in [7, 11) is 0. The van der Waals surface area contributed by atoms with Gasteiger partial charge in [-0.15, -0.1) is 0 Å². The van der Waals surface area contributed by atoms with Crippen molar-refractivity contribution in [3.05, 3.63) is 18.7 Å². The SMILES string of the molecule is C[C@@H](CC1CC1)NC(=O)N1CCN(c2cncc3ncnn23)CC1. The number of amides is 2. The van der Waals surface area contributed by atoms with Gasteiger partial charge >= 0.3 is 6.03 Å². The number of piperazine rings is 1. The number of nitrogens with zero attached hydrogens (tertiary/aromatic N) is 6. The van der Waals surface area contributed by atoms with Gasteiger partial charge < -0.3 is 15.1 Å². The normalized spacial score (nSPS) is 19.5. The van der Waals surface area contributed by atoms with Crippen molar-refractivity contribution in [1.82, 2.24) is 29.8 Å². The van der Waals surface area contributed by atoms with Gasteiger partial charge in [0.05, 0.1) is 12.4 Å². The molecule has 128 valence electrons. The Bertz CT molecular complexity index is 718. The van der Waals surface area contributed by atoms with Gasteiger partial charge in [0.25, 0.3) is 0 Å². The monoisotopic (exact) mass is 329 g/mol. The second-order valence-electron chi connectivity index (χ2n) is 6.80. The summed E-state index contributed by atoms with van der Waals surface area (Å²) in [5, 5.41) is 7.38. The standard InChI is InChI=1S/C16H23N7O/c1-12(8-13-2-3-13)20-16(24)22-6-4-21(5-7-22)15-10-17-9-14-18-11-19-23(14)15/h9-13H,2-8H2,1H3,(H,20,24)/t12-/m0/s1. The number of carbonyl (C=O) groups excluding carboxylic acids is 1. The van der Waals surface area contributed by atoms with Crippen molar-refractivity contribution in [3.8, 4) is 0 Å². The molecule has 1 saturated heterocycles. The van der Waals surface area contributed by atoms with Crippen LogP contribution in [0.3, 0.4) is 0 Å². The molecule has 0 bridgehead atoms. The van der Waals surface area contributed by atoms with E-state index in [-0.39, 0.29) is 12.1 Å². The molecule has 2 aromatic heterocycles. The molecule has 1 saturated carbocycles. The molecule has 8 nitrogen and oxygen atoms in total. The van der Waals surface area contributed by atoms with Crippen LogP contribution in [-0.2, 0) is 0 Å². The molecule has 24 heavy (non-hydrogen) atoms. The van der Waals surface area contributed by atoms with E-state index in [0.717, 1.165) is 36.9 Å². The summed E-state index contributed by atoms with van der Waals surface area (Å²) in [6.07, 6.45) is 8.77. The Morgan fingerprint density at radius 1 is 1.29 bits per heavy atom. The molecule has 1 N–H and O–H groups in total. The van der Waals surface area contributed by atoms with Gasteiger partial charge in [-0.1, -0.05) is 12.8 Å². The lowest BCUT2D eigenvalue weighted by atomic mass is 10.2. The second kappa shape index (κ2) is 6.26. The molecule has 2 aromatic rings. The summed E-state index contributed by atoms with van der Waals surface area (Å²) in [6, 6.07) is 0.316. The molecule has 2 amide bonds. The van der Waals surface area contributed by atoms with Crippen LogP contribution in [-0.4, -0.2) is 62.7 Å². The first kappa shape index (κ1) is 15.2. The molecular formula is C16H23N7O. The van der Waals surface area contributed by atoms with Crippen LogP contribution in [0.15, 0.2) is 18.7 Å². The van der Waals surface area contributed by atoms with Gasteiger partial charge in [0.2, 0.25) is 0 Å². The zero-order chi connectivity index (χ0) is 16.5. The molecule has 8 heteroatoms. The van der Waals surface area contributed by atoms with Crippen LogP contribution in [0, 0.1) is 5.92 Å². The number of fused-ring (bicyclic) bond motifs is 1. The Morgan fingerprint density at radius 2 is 2.08 bits per heavy atom. The van der Waals surface area contributed by atoms with Crippen molar-refractivity contribution in [2.45, 2.75) is 32.2 Å². The third kappa shape index (κ3) is 3.13. The number of nitrogens with one attached hydrogen (secondary N) is 1. The van der Waals surface area contributed by atoms with Gasteiger partial charge in [-0.3, -0.25) is 4.98 Å². The molecule has 0 spiro atoms. The summed E-state index contributed by atoms with van der Waals surface area (Å²) >= 11 is 0. The molecule has 0 aromatic carbocycles. The minimum absolute atomic E-state index is 0.0555. The van der Waals surface area contributed by atoms with E-state index in [9.17, 15) is 4.79 Å². The van der Waals surface area contributed by atoms with Crippen LogP contribution < -0.4 is 10.2 Å². The van der Waals surface area contributed by atoms with Crippen LogP contribution in [0.5, 0.6) is 0 Å². The van der Waals surface area contributed by atoms with Crippen molar-refractivity contribution < 1.29 is 4.79 Å². The first-order chi connectivity index (χ1) is 11.7. The number of carbonyl (C=O) groups is 1. The topological polar surface area (TPSA) is 78.7 Å². The maximum atomic E-state index is 12.4. The first-order valence-electron chi connectivity index (χ1n) is 8.65. The number of rotatable bonds is 4. The molecule has 0 unspecified atom stereocenters. The molecule has 3 heterocycles. The van der Waals surface area contributed by atoms with E-state index in [1.807, 2.05) is 4.90 Å².